The van der Waals surface area contributed by atoms with Crippen LogP contribution in [0, 0.1) is 0 Å². The molecule has 144 valence electrons. The molecule has 2 N–H and O–H groups in total. The van der Waals surface area contributed by atoms with Gasteiger partial charge in [0, 0.05) is 12.8 Å². The van der Waals surface area contributed by atoms with Gasteiger partial charge < -0.3 is 19.8 Å². The third-order valence-corrected chi connectivity index (χ3v) is 5.11. The van der Waals surface area contributed by atoms with Crippen LogP contribution < -0.4 is 4.90 Å². The van der Waals surface area contributed by atoms with E-state index in [4.69, 9.17) is 27.9 Å². The third kappa shape index (κ3) is 4.71. The van der Waals surface area contributed by atoms with Crippen LogP contribution in [0.1, 0.15) is 29.6 Å². The minimum atomic E-state index is -1.07. The summed E-state index contributed by atoms with van der Waals surface area (Å²) in [6.45, 7) is 0.728. The minimum Gasteiger partial charge on any atom is -0.478 e. The summed E-state index contributed by atoms with van der Waals surface area (Å²) in [5.41, 5.74) is 0.488. The van der Waals surface area contributed by atoms with E-state index < -0.39 is 12.1 Å². The highest BCUT2D eigenvalue weighted by molar-refractivity contribution is 6.34. The van der Waals surface area contributed by atoms with Crippen molar-refractivity contribution in [3.63, 3.8) is 0 Å². The summed E-state index contributed by atoms with van der Waals surface area (Å²) in [5.74, 6) is -0.686. The van der Waals surface area contributed by atoms with Gasteiger partial charge in [0.1, 0.15) is 0 Å². The molecule has 2 atom stereocenters. The van der Waals surface area contributed by atoms with Crippen molar-refractivity contribution in [3.05, 3.63) is 52.1 Å². The summed E-state index contributed by atoms with van der Waals surface area (Å²) in [4.78, 5) is 17.3. The Balaban J connectivity index is 1.99. The van der Waals surface area contributed by atoms with E-state index in [-0.39, 0.29) is 18.2 Å². The molecule has 6 nitrogen and oxygen atoms in total. The zero-order valence-electron chi connectivity index (χ0n) is 14.5. The fourth-order valence-electron chi connectivity index (χ4n) is 3.10. The predicted octanol–water partition coefficient (Wildman–Crippen LogP) is 4.15. The average Bonchev–Trinajstić information content (AvgIpc) is 2.68. The summed E-state index contributed by atoms with van der Waals surface area (Å²) in [6.07, 6.45) is 3.19. The van der Waals surface area contributed by atoms with Crippen LogP contribution >= 0.6 is 23.2 Å². The molecule has 8 heteroatoms. The predicted molar refractivity (Wildman–Crippen MR) is 104 cm³/mol. The van der Waals surface area contributed by atoms with Crippen molar-refractivity contribution < 1.29 is 19.7 Å². The van der Waals surface area contributed by atoms with Gasteiger partial charge in [-0.05, 0) is 49.6 Å². The summed E-state index contributed by atoms with van der Waals surface area (Å²) in [5, 5.41) is 20.7. The van der Waals surface area contributed by atoms with Crippen molar-refractivity contribution in [2.75, 3.05) is 18.1 Å². The number of ether oxygens (including phenoxy) is 1. The number of benzene rings is 1. The molecule has 1 saturated heterocycles. The number of nitrogens with zero attached hydrogens (tertiary/aromatic N) is 2. The van der Waals surface area contributed by atoms with Crippen molar-refractivity contribution in [1.82, 2.24) is 4.98 Å². The fraction of sp³-hybridized carbons (Fsp3) is 0.368. The van der Waals surface area contributed by atoms with E-state index >= 15 is 0 Å². The second kappa shape index (κ2) is 8.89. The fourth-order valence-corrected chi connectivity index (χ4v) is 3.54. The monoisotopic (exact) mass is 410 g/mol. The van der Waals surface area contributed by atoms with Crippen LogP contribution in [0.3, 0.4) is 0 Å². The molecule has 1 aliphatic rings. The normalized spacial score (nSPS) is 18.1. The van der Waals surface area contributed by atoms with E-state index in [0.717, 1.165) is 19.3 Å². The molecule has 2 heterocycles. The highest BCUT2D eigenvalue weighted by atomic mass is 35.5. The number of carbonyl (C=O) groups is 1. The Morgan fingerprint density at radius 1 is 1.30 bits per heavy atom. The molecule has 0 aliphatic carbocycles. The summed E-state index contributed by atoms with van der Waals surface area (Å²) in [6, 6.07) is 7.75. The molecule has 1 aromatic carbocycles. The zero-order valence-corrected chi connectivity index (χ0v) is 16.0. The molecule has 2 aromatic rings. The summed E-state index contributed by atoms with van der Waals surface area (Å²) >= 11 is 12.7. The molecule has 2 unspecified atom stereocenters. The lowest BCUT2D eigenvalue weighted by Gasteiger charge is -2.33. The SMILES string of the molecule is O=C(O)c1ccc(Cl)c(N(CC(O)C2CCCCO2)c2ncccc2Cl)c1. The largest absolute Gasteiger partial charge is 0.478 e. The van der Waals surface area contributed by atoms with Gasteiger partial charge in [-0.25, -0.2) is 9.78 Å². The molecule has 0 bridgehead atoms. The van der Waals surface area contributed by atoms with E-state index in [0.29, 0.717) is 28.2 Å². The maximum atomic E-state index is 11.4. The first-order valence-electron chi connectivity index (χ1n) is 8.68. The number of carboxylic acid groups (broad SMARTS) is 1. The van der Waals surface area contributed by atoms with Gasteiger partial charge in [0.2, 0.25) is 0 Å². The Morgan fingerprint density at radius 3 is 2.78 bits per heavy atom. The summed E-state index contributed by atoms with van der Waals surface area (Å²) < 4.78 is 5.68. The second-order valence-corrected chi connectivity index (χ2v) is 7.18. The molecular formula is C19H20Cl2N2O4. The molecular weight excluding hydrogens is 391 g/mol. The number of rotatable bonds is 6. The molecule has 27 heavy (non-hydrogen) atoms. The lowest BCUT2D eigenvalue weighted by atomic mass is 10.0. The van der Waals surface area contributed by atoms with Gasteiger partial charge in [-0.2, -0.15) is 0 Å². The zero-order chi connectivity index (χ0) is 19.4. The Hall–Kier alpha value is -1.86. The van der Waals surface area contributed by atoms with Crippen LogP contribution in [0.2, 0.25) is 10.0 Å². The molecule has 0 spiro atoms. The van der Waals surface area contributed by atoms with Crippen molar-refractivity contribution in [2.24, 2.45) is 0 Å². The molecule has 3 rings (SSSR count). The van der Waals surface area contributed by atoms with Crippen molar-refractivity contribution in [1.29, 1.82) is 0 Å². The maximum Gasteiger partial charge on any atom is 0.335 e. The van der Waals surface area contributed by atoms with E-state index in [1.165, 1.54) is 18.2 Å². The quantitative estimate of drug-likeness (QED) is 0.743. The first kappa shape index (κ1) is 19.9. The van der Waals surface area contributed by atoms with Gasteiger partial charge in [-0.1, -0.05) is 23.2 Å². The first-order chi connectivity index (χ1) is 13.0. The van der Waals surface area contributed by atoms with Crippen molar-refractivity contribution in [3.8, 4) is 0 Å². The maximum absolute atomic E-state index is 11.4. The molecule has 0 radical (unpaired) electrons. The number of aliphatic hydroxyl groups excluding tert-OH is 1. The van der Waals surface area contributed by atoms with Gasteiger partial charge in [0.25, 0.3) is 0 Å². The number of anilines is 2. The number of aliphatic hydroxyl groups is 1. The van der Waals surface area contributed by atoms with E-state index in [9.17, 15) is 15.0 Å². The van der Waals surface area contributed by atoms with Gasteiger partial charge >= 0.3 is 5.97 Å². The Bertz CT molecular complexity index is 812. The highest BCUT2D eigenvalue weighted by Gasteiger charge is 2.28. The smallest absolute Gasteiger partial charge is 0.335 e. The standard InChI is InChI=1S/C19H20Cl2N2O4/c20-13-7-6-12(19(25)26)10-15(13)23(18-14(21)4-3-8-22-18)11-16(24)17-5-1-2-9-27-17/h3-4,6-8,10,16-17,24H,1-2,5,9,11H2,(H,25,26). The highest BCUT2D eigenvalue weighted by Crippen LogP contribution is 2.36. The van der Waals surface area contributed by atoms with Crippen LogP contribution in [0.25, 0.3) is 0 Å². The van der Waals surface area contributed by atoms with E-state index in [1.54, 1.807) is 23.2 Å². The van der Waals surface area contributed by atoms with Crippen LogP contribution in [-0.4, -0.2) is 46.5 Å². The van der Waals surface area contributed by atoms with Crippen LogP contribution in [0.4, 0.5) is 11.5 Å². The summed E-state index contributed by atoms with van der Waals surface area (Å²) in [7, 11) is 0. The Morgan fingerprint density at radius 2 is 2.11 bits per heavy atom. The number of halogens is 2. The Labute approximate surface area is 167 Å². The third-order valence-electron chi connectivity index (χ3n) is 4.49. The molecule has 0 amide bonds. The number of aromatic nitrogens is 1. The van der Waals surface area contributed by atoms with Crippen molar-refractivity contribution in [2.45, 2.75) is 31.5 Å². The van der Waals surface area contributed by atoms with Gasteiger partial charge in [-0.3, -0.25) is 0 Å². The Kier molecular flexibility index (Phi) is 6.55. The van der Waals surface area contributed by atoms with Gasteiger partial charge in [0.15, 0.2) is 5.82 Å². The minimum absolute atomic E-state index is 0.0786. The number of hydrogen-bond acceptors (Lipinski definition) is 5. The number of pyridine rings is 1. The van der Waals surface area contributed by atoms with E-state index in [1.807, 2.05) is 0 Å². The molecule has 0 saturated carbocycles. The lowest BCUT2D eigenvalue weighted by molar-refractivity contribution is -0.0577. The van der Waals surface area contributed by atoms with Crippen LogP contribution in [-0.2, 0) is 4.74 Å². The lowest BCUT2D eigenvalue weighted by Crippen LogP contribution is -2.40. The molecule has 1 fully saturated rings. The number of hydrogen-bond donors (Lipinski definition) is 2. The average molecular weight is 411 g/mol. The van der Waals surface area contributed by atoms with Gasteiger partial charge in [-0.15, -0.1) is 0 Å². The van der Waals surface area contributed by atoms with E-state index in [2.05, 4.69) is 4.98 Å². The van der Waals surface area contributed by atoms with Crippen LogP contribution in [0.15, 0.2) is 36.5 Å². The second-order valence-electron chi connectivity index (χ2n) is 6.36. The molecule has 1 aliphatic heterocycles. The van der Waals surface area contributed by atoms with Crippen LogP contribution in [0.5, 0.6) is 0 Å². The van der Waals surface area contributed by atoms with Crippen molar-refractivity contribution >= 4 is 40.7 Å². The number of carboxylic acids is 1. The van der Waals surface area contributed by atoms with Gasteiger partial charge in [0.05, 0.1) is 40.0 Å². The first-order valence-corrected chi connectivity index (χ1v) is 9.43. The topological polar surface area (TPSA) is 82.9 Å². The molecule has 1 aromatic heterocycles. The number of aromatic carboxylic acids is 1.